The van der Waals surface area contributed by atoms with Crippen molar-refractivity contribution in [1.29, 1.82) is 0 Å². The van der Waals surface area contributed by atoms with E-state index in [1.54, 1.807) is 6.07 Å². The van der Waals surface area contributed by atoms with E-state index in [0.717, 1.165) is 10.0 Å². The average Bonchev–Trinajstić information content (AvgIpc) is 3.02. The first-order valence-electron chi connectivity index (χ1n) is 5.10. The molecule has 0 amide bonds. The normalized spacial score (nSPS) is 15.1. The summed E-state index contributed by atoms with van der Waals surface area (Å²) in [6.07, 6.45) is 2.39. The summed E-state index contributed by atoms with van der Waals surface area (Å²) < 4.78 is 6.06. The average molecular weight is 269 g/mol. The minimum atomic E-state index is -0.225. The van der Waals surface area contributed by atoms with Crippen molar-refractivity contribution in [3.05, 3.63) is 33.8 Å². The van der Waals surface area contributed by atoms with Crippen LogP contribution in [0.25, 0.3) is 0 Å². The van der Waals surface area contributed by atoms with E-state index < -0.39 is 0 Å². The number of aryl methyl sites for hydroxylation is 1. The standard InChI is InChI=1S/C12H13BrO2/c1-8-3-2-4-10(11(8)13)12(14)15-7-9-5-6-9/h2-4,9H,5-7H2,1H3. The zero-order chi connectivity index (χ0) is 10.8. The Hall–Kier alpha value is -0.830. The molecule has 1 saturated carbocycles. The molecule has 0 saturated heterocycles. The summed E-state index contributed by atoms with van der Waals surface area (Å²) in [5.74, 6) is 0.384. The molecular weight excluding hydrogens is 256 g/mol. The van der Waals surface area contributed by atoms with Gasteiger partial charge in [0, 0.05) is 4.47 Å². The summed E-state index contributed by atoms with van der Waals surface area (Å²) in [6, 6.07) is 5.61. The lowest BCUT2D eigenvalue weighted by molar-refractivity contribution is 0.0485. The second-order valence-corrected chi connectivity index (χ2v) is 4.77. The third kappa shape index (κ3) is 2.59. The Morgan fingerprint density at radius 1 is 1.53 bits per heavy atom. The minimum Gasteiger partial charge on any atom is -0.462 e. The topological polar surface area (TPSA) is 26.3 Å². The van der Waals surface area contributed by atoms with Crippen molar-refractivity contribution in [1.82, 2.24) is 0 Å². The first-order valence-corrected chi connectivity index (χ1v) is 5.90. The summed E-state index contributed by atoms with van der Waals surface area (Å²) in [5, 5.41) is 0. The molecular formula is C12H13BrO2. The van der Waals surface area contributed by atoms with Crippen molar-refractivity contribution in [3.63, 3.8) is 0 Å². The van der Waals surface area contributed by atoms with Crippen LogP contribution in [0.1, 0.15) is 28.8 Å². The molecule has 80 valence electrons. The van der Waals surface area contributed by atoms with Crippen LogP contribution in [0.5, 0.6) is 0 Å². The van der Waals surface area contributed by atoms with Crippen molar-refractivity contribution < 1.29 is 9.53 Å². The van der Waals surface area contributed by atoms with Crippen LogP contribution in [0.2, 0.25) is 0 Å². The van der Waals surface area contributed by atoms with Gasteiger partial charge in [0.2, 0.25) is 0 Å². The van der Waals surface area contributed by atoms with Gasteiger partial charge in [-0.2, -0.15) is 0 Å². The summed E-state index contributed by atoms with van der Waals surface area (Å²) in [5.41, 5.74) is 1.67. The lowest BCUT2D eigenvalue weighted by Crippen LogP contribution is -2.08. The van der Waals surface area contributed by atoms with E-state index in [9.17, 15) is 4.79 Å². The maximum Gasteiger partial charge on any atom is 0.339 e. The molecule has 3 heteroatoms. The van der Waals surface area contributed by atoms with E-state index in [-0.39, 0.29) is 5.97 Å². The predicted octanol–water partition coefficient (Wildman–Crippen LogP) is 3.32. The summed E-state index contributed by atoms with van der Waals surface area (Å²) in [6.45, 7) is 2.53. The zero-order valence-electron chi connectivity index (χ0n) is 8.63. The van der Waals surface area contributed by atoms with Crippen LogP contribution in [0.4, 0.5) is 0 Å². The molecule has 1 aromatic carbocycles. The van der Waals surface area contributed by atoms with Crippen LogP contribution in [0.3, 0.4) is 0 Å². The van der Waals surface area contributed by atoms with Crippen molar-refractivity contribution in [2.24, 2.45) is 5.92 Å². The minimum absolute atomic E-state index is 0.225. The molecule has 0 atom stereocenters. The summed E-state index contributed by atoms with van der Waals surface area (Å²) in [4.78, 5) is 11.7. The van der Waals surface area contributed by atoms with Gasteiger partial charge < -0.3 is 4.74 Å². The first-order chi connectivity index (χ1) is 7.18. The molecule has 0 N–H and O–H groups in total. The number of esters is 1. The number of halogens is 1. The smallest absolute Gasteiger partial charge is 0.339 e. The van der Waals surface area contributed by atoms with Crippen molar-refractivity contribution >= 4 is 21.9 Å². The first kappa shape index (κ1) is 10.7. The Balaban J connectivity index is 2.06. The molecule has 0 spiro atoms. The number of rotatable bonds is 3. The number of benzene rings is 1. The van der Waals surface area contributed by atoms with Gasteiger partial charge in [-0.3, -0.25) is 0 Å². The third-order valence-electron chi connectivity index (χ3n) is 2.56. The monoisotopic (exact) mass is 268 g/mol. The molecule has 0 aromatic heterocycles. The Morgan fingerprint density at radius 3 is 2.93 bits per heavy atom. The second kappa shape index (κ2) is 4.35. The molecule has 0 heterocycles. The van der Waals surface area contributed by atoms with Gasteiger partial charge >= 0.3 is 5.97 Å². The number of carbonyl (C=O) groups is 1. The van der Waals surface area contributed by atoms with Crippen LogP contribution >= 0.6 is 15.9 Å². The van der Waals surface area contributed by atoms with Crippen LogP contribution in [0, 0.1) is 12.8 Å². The lowest BCUT2D eigenvalue weighted by Gasteiger charge is -2.07. The molecule has 1 aliphatic rings. The van der Waals surface area contributed by atoms with Crippen LogP contribution < -0.4 is 0 Å². The zero-order valence-corrected chi connectivity index (χ0v) is 10.2. The summed E-state index contributed by atoms with van der Waals surface area (Å²) >= 11 is 3.40. The number of carbonyl (C=O) groups excluding carboxylic acids is 1. The molecule has 2 rings (SSSR count). The van der Waals surface area contributed by atoms with E-state index in [0.29, 0.717) is 18.1 Å². The quantitative estimate of drug-likeness (QED) is 0.787. The number of hydrogen-bond acceptors (Lipinski definition) is 2. The van der Waals surface area contributed by atoms with E-state index in [1.165, 1.54) is 12.8 Å². The van der Waals surface area contributed by atoms with Gasteiger partial charge in [-0.1, -0.05) is 12.1 Å². The Bertz CT molecular complexity index is 383. The SMILES string of the molecule is Cc1cccc(C(=O)OCC2CC2)c1Br. The second-order valence-electron chi connectivity index (χ2n) is 3.98. The number of hydrogen-bond donors (Lipinski definition) is 0. The molecule has 0 radical (unpaired) electrons. The largest absolute Gasteiger partial charge is 0.462 e. The third-order valence-corrected chi connectivity index (χ3v) is 3.61. The van der Waals surface area contributed by atoms with Gasteiger partial charge in [0.1, 0.15) is 0 Å². The van der Waals surface area contributed by atoms with E-state index >= 15 is 0 Å². The van der Waals surface area contributed by atoms with Gasteiger partial charge in [-0.25, -0.2) is 4.79 Å². The van der Waals surface area contributed by atoms with E-state index in [2.05, 4.69) is 15.9 Å². The molecule has 0 aliphatic heterocycles. The molecule has 1 aromatic rings. The van der Waals surface area contributed by atoms with Gasteiger partial charge in [0.25, 0.3) is 0 Å². The molecule has 1 aliphatic carbocycles. The molecule has 1 fully saturated rings. The fraction of sp³-hybridized carbons (Fsp3) is 0.417. The van der Waals surface area contributed by atoms with Gasteiger partial charge in [0.15, 0.2) is 0 Å². The van der Waals surface area contributed by atoms with Crippen molar-refractivity contribution in [3.8, 4) is 0 Å². The number of ether oxygens (including phenoxy) is 1. The highest BCUT2D eigenvalue weighted by Gasteiger charge is 2.23. The summed E-state index contributed by atoms with van der Waals surface area (Å²) in [7, 11) is 0. The molecule has 15 heavy (non-hydrogen) atoms. The van der Waals surface area contributed by atoms with Crippen molar-refractivity contribution in [2.75, 3.05) is 6.61 Å². The van der Waals surface area contributed by atoms with Crippen LogP contribution in [-0.4, -0.2) is 12.6 Å². The maximum atomic E-state index is 11.7. The van der Waals surface area contributed by atoms with E-state index in [4.69, 9.17) is 4.74 Å². The van der Waals surface area contributed by atoms with Gasteiger partial charge in [-0.05, 0) is 53.2 Å². The maximum absolute atomic E-state index is 11.7. The Labute approximate surface area is 97.8 Å². The van der Waals surface area contributed by atoms with Crippen LogP contribution in [0.15, 0.2) is 22.7 Å². The Morgan fingerprint density at radius 2 is 2.27 bits per heavy atom. The van der Waals surface area contributed by atoms with Gasteiger partial charge in [-0.15, -0.1) is 0 Å². The van der Waals surface area contributed by atoms with Gasteiger partial charge in [0.05, 0.1) is 12.2 Å². The highest BCUT2D eigenvalue weighted by atomic mass is 79.9. The highest BCUT2D eigenvalue weighted by molar-refractivity contribution is 9.10. The van der Waals surface area contributed by atoms with E-state index in [1.807, 2.05) is 19.1 Å². The van der Waals surface area contributed by atoms with Crippen LogP contribution in [-0.2, 0) is 4.74 Å². The predicted molar refractivity (Wildman–Crippen MR) is 61.9 cm³/mol. The fourth-order valence-corrected chi connectivity index (χ4v) is 1.79. The molecule has 0 unspecified atom stereocenters. The lowest BCUT2D eigenvalue weighted by atomic mass is 10.1. The highest BCUT2D eigenvalue weighted by Crippen LogP contribution is 2.29. The Kier molecular flexibility index (Phi) is 3.10. The fourth-order valence-electron chi connectivity index (χ4n) is 1.36. The molecule has 2 nitrogen and oxygen atoms in total. The molecule has 0 bridgehead atoms. The van der Waals surface area contributed by atoms with Crippen molar-refractivity contribution in [2.45, 2.75) is 19.8 Å².